The van der Waals surface area contributed by atoms with Crippen LogP contribution in [0.25, 0.3) is 11.4 Å². The van der Waals surface area contributed by atoms with E-state index in [0.29, 0.717) is 6.04 Å². The molecule has 0 bridgehead atoms. The van der Waals surface area contributed by atoms with Crippen LogP contribution in [0.3, 0.4) is 0 Å². The number of benzene rings is 1. The van der Waals surface area contributed by atoms with Gasteiger partial charge in [-0.05, 0) is 50.6 Å². The Kier molecular flexibility index (Phi) is 5.51. The largest absolute Gasteiger partial charge is 0.326 e. The number of aromatic nitrogens is 3. The Bertz CT molecular complexity index is 599. The van der Waals surface area contributed by atoms with Gasteiger partial charge in [0.1, 0.15) is 6.33 Å². The van der Waals surface area contributed by atoms with Crippen molar-refractivity contribution in [2.45, 2.75) is 25.8 Å². The number of nitrogens with zero attached hydrogens (tertiary/aromatic N) is 2. The Hall–Kier alpha value is -1.92. The van der Waals surface area contributed by atoms with Crippen molar-refractivity contribution < 1.29 is 4.79 Å². The zero-order valence-corrected chi connectivity index (χ0v) is 13.2. The molecule has 0 radical (unpaired) electrons. The van der Waals surface area contributed by atoms with Crippen LogP contribution in [0.4, 0.5) is 5.69 Å². The molecule has 1 saturated heterocycles. The molecule has 3 rings (SSSR count). The van der Waals surface area contributed by atoms with Gasteiger partial charge < -0.3 is 10.6 Å². The molecule has 1 fully saturated rings. The normalized spacial score (nSPS) is 21.0. The maximum atomic E-state index is 12.3. The molecular formula is C15H20ClN5O. The van der Waals surface area contributed by atoms with Gasteiger partial charge in [0.25, 0.3) is 0 Å². The van der Waals surface area contributed by atoms with Crippen LogP contribution in [0.2, 0.25) is 0 Å². The van der Waals surface area contributed by atoms with Crippen molar-refractivity contribution in [3.8, 4) is 11.4 Å². The van der Waals surface area contributed by atoms with E-state index in [1.54, 1.807) is 0 Å². The van der Waals surface area contributed by atoms with E-state index in [0.717, 1.165) is 36.5 Å². The Morgan fingerprint density at radius 1 is 1.32 bits per heavy atom. The highest BCUT2D eigenvalue weighted by Crippen LogP contribution is 2.20. The van der Waals surface area contributed by atoms with E-state index >= 15 is 0 Å². The summed E-state index contributed by atoms with van der Waals surface area (Å²) in [5.74, 6) is 0.922. The number of amides is 1. The smallest absolute Gasteiger partial charge is 0.227 e. The minimum absolute atomic E-state index is 0. The summed E-state index contributed by atoms with van der Waals surface area (Å²) in [5, 5.41) is 13.0. The average molecular weight is 322 g/mol. The number of rotatable bonds is 3. The number of halogens is 1. The molecule has 2 aromatic rings. The van der Waals surface area contributed by atoms with Crippen molar-refractivity contribution in [3.63, 3.8) is 0 Å². The predicted molar refractivity (Wildman–Crippen MR) is 87.9 cm³/mol. The summed E-state index contributed by atoms with van der Waals surface area (Å²) in [5.41, 5.74) is 1.76. The lowest BCUT2D eigenvalue weighted by molar-refractivity contribution is -0.120. The van der Waals surface area contributed by atoms with E-state index in [4.69, 9.17) is 0 Å². The summed E-state index contributed by atoms with van der Waals surface area (Å²) in [7, 11) is 0. The summed E-state index contributed by atoms with van der Waals surface area (Å²) in [6, 6.07) is 8.02. The number of H-pyrrole nitrogens is 1. The Morgan fingerprint density at radius 2 is 2.09 bits per heavy atom. The molecule has 0 saturated carbocycles. The summed E-state index contributed by atoms with van der Waals surface area (Å²) in [6.45, 7) is 3.02. The van der Waals surface area contributed by atoms with Gasteiger partial charge in [0.2, 0.25) is 5.91 Å². The van der Waals surface area contributed by atoms with Gasteiger partial charge >= 0.3 is 0 Å². The maximum absolute atomic E-state index is 12.3. The molecule has 1 amide bonds. The first-order chi connectivity index (χ1) is 10.2. The van der Waals surface area contributed by atoms with Gasteiger partial charge in [0.15, 0.2) is 5.82 Å². The number of hydrogen-bond acceptors (Lipinski definition) is 4. The molecule has 1 aliphatic heterocycles. The Balaban J connectivity index is 0.00000176. The number of aromatic amines is 1. The molecule has 118 valence electrons. The molecule has 6 nitrogen and oxygen atoms in total. The van der Waals surface area contributed by atoms with E-state index in [1.807, 2.05) is 24.3 Å². The number of nitrogens with one attached hydrogen (secondary N) is 3. The highest BCUT2D eigenvalue weighted by atomic mass is 35.5. The minimum Gasteiger partial charge on any atom is -0.326 e. The highest BCUT2D eigenvalue weighted by molar-refractivity contribution is 5.92. The number of hydrogen-bond donors (Lipinski definition) is 3. The third kappa shape index (κ3) is 3.84. The van der Waals surface area contributed by atoms with Gasteiger partial charge in [-0.25, -0.2) is 4.98 Å². The number of anilines is 1. The monoisotopic (exact) mass is 321 g/mol. The van der Waals surface area contributed by atoms with Crippen LogP contribution in [0.5, 0.6) is 0 Å². The lowest BCUT2D eigenvalue weighted by Crippen LogP contribution is -2.40. The highest BCUT2D eigenvalue weighted by Gasteiger charge is 2.24. The average Bonchev–Trinajstić information content (AvgIpc) is 3.02. The third-order valence-corrected chi connectivity index (χ3v) is 3.84. The summed E-state index contributed by atoms with van der Waals surface area (Å²) < 4.78 is 0. The predicted octanol–water partition coefficient (Wildman–Crippen LogP) is 2.22. The van der Waals surface area contributed by atoms with Crippen molar-refractivity contribution in [3.05, 3.63) is 30.6 Å². The van der Waals surface area contributed by atoms with Crippen molar-refractivity contribution in [1.82, 2.24) is 20.5 Å². The van der Waals surface area contributed by atoms with E-state index < -0.39 is 0 Å². The second kappa shape index (κ2) is 7.38. The fraction of sp³-hybridized carbons (Fsp3) is 0.400. The molecule has 2 heterocycles. The van der Waals surface area contributed by atoms with Crippen molar-refractivity contribution in [2.75, 3.05) is 11.9 Å². The molecule has 1 aliphatic rings. The van der Waals surface area contributed by atoms with Crippen LogP contribution in [-0.4, -0.2) is 33.7 Å². The lowest BCUT2D eigenvalue weighted by Gasteiger charge is -2.27. The SMILES string of the molecule is C[C@H]1C[C@@H](C(=O)Nc2ccc(-c3ncn[nH]3)cc2)CCN1.Cl. The summed E-state index contributed by atoms with van der Waals surface area (Å²) in [6.07, 6.45) is 3.26. The zero-order valence-electron chi connectivity index (χ0n) is 12.4. The number of piperidine rings is 1. The van der Waals surface area contributed by atoms with E-state index in [2.05, 4.69) is 32.7 Å². The van der Waals surface area contributed by atoms with E-state index in [9.17, 15) is 4.79 Å². The van der Waals surface area contributed by atoms with E-state index in [1.165, 1.54) is 6.33 Å². The standard InChI is InChI=1S/C15H19N5O.ClH/c1-10-8-12(6-7-16-10)15(21)19-13-4-2-11(3-5-13)14-17-9-18-20-14;/h2-5,9-10,12,16H,6-8H2,1H3,(H,19,21)(H,17,18,20);1H/t10-,12-;/m0./s1. The van der Waals surface area contributed by atoms with Crippen LogP contribution in [0.15, 0.2) is 30.6 Å². The van der Waals surface area contributed by atoms with Gasteiger partial charge in [-0.2, -0.15) is 5.10 Å². The molecular weight excluding hydrogens is 302 g/mol. The second-order valence-electron chi connectivity index (χ2n) is 5.48. The number of carbonyl (C=O) groups excluding carboxylic acids is 1. The van der Waals surface area contributed by atoms with Crippen LogP contribution in [-0.2, 0) is 4.79 Å². The molecule has 3 N–H and O–H groups in total. The molecule has 1 aromatic heterocycles. The van der Waals surface area contributed by atoms with Crippen LogP contribution >= 0.6 is 12.4 Å². The van der Waals surface area contributed by atoms with Gasteiger partial charge in [0.05, 0.1) is 0 Å². The van der Waals surface area contributed by atoms with Crippen LogP contribution < -0.4 is 10.6 Å². The quantitative estimate of drug-likeness (QED) is 0.809. The molecule has 22 heavy (non-hydrogen) atoms. The second-order valence-corrected chi connectivity index (χ2v) is 5.48. The first kappa shape index (κ1) is 16.5. The summed E-state index contributed by atoms with van der Waals surface area (Å²) >= 11 is 0. The lowest BCUT2D eigenvalue weighted by atomic mass is 9.92. The fourth-order valence-corrected chi connectivity index (χ4v) is 2.67. The molecule has 0 spiro atoms. The van der Waals surface area contributed by atoms with Crippen molar-refractivity contribution >= 4 is 24.0 Å². The first-order valence-corrected chi connectivity index (χ1v) is 7.22. The van der Waals surface area contributed by atoms with Gasteiger partial charge in [-0.3, -0.25) is 9.89 Å². The van der Waals surface area contributed by atoms with Crippen molar-refractivity contribution in [2.24, 2.45) is 5.92 Å². The summed E-state index contributed by atoms with van der Waals surface area (Å²) in [4.78, 5) is 16.4. The molecule has 0 aliphatic carbocycles. The van der Waals surface area contributed by atoms with E-state index in [-0.39, 0.29) is 24.2 Å². The third-order valence-electron chi connectivity index (χ3n) is 3.84. The molecule has 7 heteroatoms. The minimum atomic E-state index is 0. The molecule has 2 atom stereocenters. The van der Waals surface area contributed by atoms with Crippen LogP contribution in [0, 0.1) is 5.92 Å². The van der Waals surface area contributed by atoms with Crippen molar-refractivity contribution in [1.29, 1.82) is 0 Å². The van der Waals surface area contributed by atoms with Gasteiger partial charge in [-0.15, -0.1) is 12.4 Å². The van der Waals surface area contributed by atoms with Crippen LogP contribution in [0.1, 0.15) is 19.8 Å². The van der Waals surface area contributed by atoms with Gasteiger partial charge in [0, 0.05) is 23.2 Å². The van der Waals surface area contributed by atoms with Gasteiger partial charge in [-0.1, -0.05) is 0 Å². The molecule has 1 aromatic carbocycles. The molecule has 0 unspecified atom stereocenters. The Labute approximate surface area is 135 Å². The maximum Gasteiger partial charge on any atom is 0.227 e. The zero-order chi connectivity index (χ0) is 14.7. The Morgan fingerprint density at radius 3 is 2.73 bits per heavy atom. The number of carbonyl (C=O) groups is 1. The fourth-order valence-electron chi connectivity index (χ4n) is 2.67. The topological polar surface area (TPSA) is 82.7 Å². The first-order valence-electron chi connectivity index (χ1n) is 7.22.